The lowest BCUT2D eigenvalue weighted by Gasteiger charge is -2.22. The van der Waals surface area contributed by atoms with Gasteiger partial charge in [-0.25, -0.2) is 0 Å². The van der Waals surface area contributed by atoms with Crippen LogP contribution in [-0.4, -0.2) is 0 Å². The Bertz CT molecular complexity index is 1980. The fraction of sp³-hybridized carbons (Fsp3) is 0.191. The molecule has 2 heteroatoms. The van der Waals surface area contributed by atoms with E-state index in [1.165, 1.54) is 44.5 Å². The maximum absolute atomic E-state index is 6.73. The van der Waals surface area contributed by atoms with E-state index in [1.54, 1.807) is 0 Å². The third-order valence-corrected chi connectivity index (χ3v) is 9.16. The van der Waals surface area contributed by atoms with Gasteiger partial charge < -0.3 is 11.1 Å². The van der Waals surface area contributed by atoms with Gasteiger partial charge in [-0.1, -0.05) is 118 Å². The summed E-state index contributed by atoms with van der Waals surface area (Å²) < 4.78 is 0. The first-order chi connectivity index (χ1) is 23.7. The molecule has 0 aliphatic heterocycles. The monoisotopic (exact) mass is 642 g/mol. The van der Waals surface area contributed by atoms with Crippen LogP contribution < -0.4 is 11.1 Å². The SMILES string of the molecule is C=CC1=Cc2cc(-c3cc(/C(N)=C/C=C\C)cc(C(C)N/C(=C\C(=C\CC)c4ccccc4)c4ccccc4)c3)cc(c2C)C=C1C(C)C. The van der Waals surface area contributed by atoms with Crippen molar-refractivity contribution < 1.29 is 0 Å². The number of hydrogen-bond donors (Lipinski definition) is 2. The molecule has 2 bridgehead atoms. The summed E-state index contributed by atoms with van der Waals surface area (Å²) in [5.74, 6) is 0.390. The lowest BCUT2D eigenvalue weighted by atomic mass is 9.91. The Morgan fingerprint density at radius 1 is 0.816 bits per heavy atom. The van der Waals surface area contributed by atoms with E-state index in [4.69, 9.17) is 5.73 Å². The van der Waals surface area contributed by atoms with Crippen LogP contribution in [0, 0.1) is 12.8 Å². The van der Waals surface area contributed by atoms with Crippen molar-refractivity contribution in [2.75, 3.05) is 0 Å². The van der Waals surface area contributed by atoms with Crippen LogP contribution in [-0.2, 0) is 0 Å². The van der Waals surface area contributed by atoms with Crippen molar-refractivity contribution in [3.8, 4) is 11.1 Å². The minimum Gasteiger partial charge on any atom is -0.398 e. The van der Waals surface area contributed by atoms with Gasteiger partial charge in [-0.05, 0) is 148 Å². The van der Waals surface area contributed by atoms with Crippen molar-refractivity contribution in [1.29, 1.82) is 0 Å². The van der Waals surface area contributed by atoms with Crippen molar-refractivity contribution in [1.82, 2.24) is 5.32 Å². The number of nitrogens with one attached hydrogen (secondary N) is 1. The first kappa shape index (κ1) is 35.0. The molecule has 0 saturated carbocycles. The smallest absolute Gasteiger partial charge is 0.0486 e. The van der Waals surface area contributed by atoms with Crippen molar-refractivity contribution in [2.45, 2.75) is 54.0 Å². The van der Waals surface area contributed by atoms with Crippen LogP contribution in [0.15, 0.2) is 145 Å². The van der Waals surface area contributed by atoms with Gasteiger partial charge in [0, 0.05) is 17.4 Å². The molecule has 4 aromatic rings. The molecule has 248 valence electrons. The highest BCUT2D eigenvalue weighted by atomic mass is 14.9. The predicted octanol–water partition coefficient (Wildman–Crippen LogP) is 12.3. The Morgan fingerprint density at radius 2 is 1.45 bits per heavy atom. The van der Waals surface area contributed by atoms with Crippen LogP contribution in [0.1, 0.15) is 86.0 Å². The number of fused-ring (bicyclic) bond motifs is 2. The average molecular weight is 643 g/mol. The molecule has 4 aromatic carbocycles. The molecule has 0 aromatic heterocycles. The Hall–Kier alpha value is -5.34. The van der Waals surface area contributed by atoms with Gasteiger partial charge in [0.15, 0.2) is 0 Å². The summed E-state index contributed by atoms with van der Waals surface area (Å²) in [6.45, 7) is 17.3. The standard InChI is InChI=1S/C47H50N2/c1-8-11-23-46(48)44-28-41(27-43(29-44)42-25-39-24-35(10-3)45(32(4)5)30-40(26-42)33(39)6)34(7)49-47(37-21-16-13-17-22-37)31-38(18-9-2)36-19-14-12-15-20-36/h8,10-32,34,49H,3,9,48H2,1-2,4-7H3/b11-8-,38-18-,46-23-,47-31-. The summed E-state index contributed by atoms with van der Waals surface area (Å²) >= 11 is 0. The second-order valence-electron chi connectivity index (χ2n) is 13.1. The van der Waals surface area contributed by atoms with E-state index in [2.05, 4.69) is 162 Å². The van der Waals surface area contributed by atoms with Crippen LogP contribution in [0.2, 0.25) is 0 Å². The van der Waals surface area contributed by atoms with E-state index in [0.29, 0.717) is 5.92 Å². The lowest BCUT2D eigenvalue weighted by Crippen LogP contribution is -2.18. The Kier molecular flexibility index (Phi) is 11.5. The number of nitrogens with two attached hydrogens (primary N) is 1. The Labute approximate surface area is 294 Å². The summed E-state index contributed by atoms with van der Waals surface area (Å²) in [6.07, 6.45) is 18.1. The summed E-state index contributed by atoms with van der Waals surface area (Å²) in [7, 11) is 0. The van der Waals surface area contributed by atoms with Crippen LogP contribution in [0.25, 0.3) is 40.2 Å². The third kappa shape index (κ3) is 8.39. The van der Waals surface area contributed by atoms with Crippen LogP contribution in [0.3, 0.4) is 0 Å². The molecule has 0 spiro atoms. The highest BCUT2D eigenvalue weighted by Crippen LogP contribution is 2.37. The molecule has 0 saturated heterocycles. The van der Waals surface area contributed by atoms with Crippen molar-refractivity contribution in [2.24, 2.45) is 11.7 Å². The zero-order valence-electron chi connectivity index (χ0n) is 29.9. The van der Waals surface area contributed by atoms with Gasteiger partial charge in [0.05, 0.1) is 0 Å². The average Bonchev–Trinajstić information content (AvgIpc) is 3.19. The molecule has 1 unspecified atom stereocenters. The third-order valence-electron chi connectivity index (χ3n) is 9.16. The summed E-state index contributed by atoms with van der Waals surface area (Å²) in [5, 5.41) is 3.91. The number of allylic oxidation sites excluding steroid dienone is 9. The Morgan fingerprint density at radius 3 is 2.06 bits per heavy atom. The Balaban J connectivity index is 1.64. The molecule has 3 N–H and O–H groups in total. The van der Waals surface area contributed by atoms with Gasteiger partial charge in [0.25, 0.3) is 0 Å². The molecular weight excluding hydrogens is 593 g/mol. The zero-order chi connectivity index (χ0) is 34.9. The molecule has 0 fully saturated rings. The maximum Gasteiger partial charge on any atom is 0.0486 e. The number of rotatable bonds is 12. The lowest BCUT2D eigenvalue weighted by molar-refractivity contribution is 0.701. The van der Waals surface area contributed by atoms with E-state index < -0.39 is 0 Å². The molecular formula is C47H50N2. The van der Waals surface area contributed by atoms with Crippen molar-refractivity contribution in [3.05, 3.63) is 184 Å². The van der Waals surface area contributed by atoms with E-state index in [0.717, 1.165) is 40.1 Å². The van der Waals surface area contributed by atoms with Gasteiger partial charge in [0.2, 0.25) is 0 Å². The van der Waals surface area contributed by atoms with Gasteiger partial charge in [-0.2, -0.15) is 0 Å². The largest absolute Gasteiger partial charge is 0.398 e. The second-order valence-corrected chi connectivity index (χ2v) is 13.1. The quantitative estimate of drug-likeness (QED) is 0.151. The minimum atomic E-state index is -0.0156. The van der Waals surface area contributed by atoms with E-state index in [1.807, 2.05) is 31.2 Å². The van der Waals surface area contributed by atoms with E-state index >= 15 is 0 Å². The maximum atomic E-state index is 6.73. The van der Waals surface area contributed by atoms with E-state index in [9.17, 15) is 0 Å². The van der Waals surface area contributed by atoms with Gasteiger partial charge in [-0.3, -0.25) is 0 Å². The minimum absolute atomic E-state index is 0.0156. The molecule has 1 aliphatic carbocycles. The highest BCUT2D eigenvalue weighted by molar-refractivity contribution is 5.85. The van der Waals surface area contributed by atoms with Crippen molar-refractivity contribution >= 4 is 29.1 Å². The topological polar surface area (TPSA) is 38.0 Å². The highest BCUT2D eigenvalue weighted by Gasteiger charge is 2.18. The molecule has 0 heterocycles. The first-order valence-corrected chi connectivity index (χ1v) is 17.5. The fourth-order valence-electron chi connectivity index (χ4n) is 6.34. The van der Waals surface area contributed by atoms with Gasteiger partial charge in [0.1, 0.15) is 0 Å². The normalized spacial score (nSPS) is 14.4. The fourth-order valence-corrected chi connectivity index (χ4v) is 6.34. The molecule has 1 aliphatic rings. The first-order valence-electron chi connectivity index (χ1n) is 17.5. The summed E-state index contributed by atoms with van der Waals surface area (Å²) in [5.41, 5.74) is 22.8. The summed E-state index contributed by atoms with van der Waals surface area (Å²) in [4.78, 5) is 0. The molecule has 5 rings (SSSR count). The number of hydrogen-bond acceptors (Lipinski definition) is 2. The van der Waals surface area contributed by atoms with Gasteiger partial charge in [-0.15, -0.1) is 0 Å². The zero-order valence-corrected chi connectivity index (χ0v) is 29.9. The molecule has 2 nitrogen and oxygen atoms in total. The molecule has 0 amide bonds. The molecule has 0 radical (unpaired) electrons. The predicted molar refractivity (Wildman–Crippen MR) is 215 cm³/mol. The van der Waals surface area contributed by atoms with Crippen LogP contribution >= 0.6 is 0 Å². The molecule has 1 atom stereocenters. The van der Waals surface area contributed by atoms with Crippen LogP contribution in [0.5, 0.6) is 0 Å². The second kappa shape index (κ2) is 16.2. The number of benzene rings is 4. The van der Waals surface area contributed by atoms with Crippen molar-refractivity contribution in [3.63, 3.8) is 0 Å². The molecule has 49 heavy (non-hydrogen) atoms. The van der Waals surface area contributed by atoms with Gasteiger partial charge >= 0.3 is 0 Å². The van der Waals surface area contributed by atoms with E-state index in [-0.39, 0.29) is 6.04 Å². The van der Waals surface area contributed by atoms with Crippen LogP contribution in [0.4, 0.5) is 0 Å². The summed E-state index contributed by atoms with van der Waals surface area (Å²) in [6, 6.07) is 32.6.